The van der Waals surface area contributed by atoms with Gasteiger partial charge in [-0.05, 0) is 23.7 Å². The first-order valence-electron chi connectivity index (χ1n) is 6.26. The zero-order chi connectivity index (χ0) is 11.1. The minimum Gasteiger partial charge on any atom is -0.0628 e. The van der Waals surface area contributed by atoms with Crippen LogP contribution >= 0.6 is 0 Å². The average Bonchev–Trinajstić information content (AvgIpc) is 2.10. The number of hydrogen-bond acceptors (Lipinski definition) is 0. The SMILES string of the molecule is [CH2]C(C)C(C)CCC(C)CCC(C)C. The van der Waals surface area contributed by atoms with Crippen molar-refractivity contribution in [3.8, 4) is 0 Å². The molecule has 14 heavy (non-hydrogen) atoms. The molecule has 0 aliphatic heterocycles. The Bertz CT molecular complexity index is 124. The molecule has 0 heteroatoms. The molecule has 0 rings (SSSR count). The van der Waals surface area contributed by atoms with Crippen molar-refractivity contribution < 1.29 is 0 Å². The quantitative estimate of drug-likeness (QED) is 0.542. The van der Waals surface area contributed by atoms with Gasteiger partial charge >= 0.3 is 0 Å². The van der Waals surface area contributed by atoms with Crippen LogP contribution in [-0.4, -0.2) is 0 Å². The monoisotopic (exact) mass is 197 g/mol. The second-order valence-corrected chi connectivity index (χ2v) is 5.61. The fourth-order valence-corrected chi connectivity index (χ4v) is 1.59. The highest BCUT2D eigenvalue weighted by Crippen LogP contribution is 2.22. The van der Waals surface area contributed by atoms with Gasteiger partial charge in [-0.1, -0.05) is 67.2 Å². The van der Waals surface area contributed by atoms with Gasteiger partial charge in [-0.25, -0.2) is 0 Å². The smallest absolute Gasteiger partial charge is 0.0417 e. The Morgan fingerprint density at radius 3 is 1.71 bits per heavy atom. The summed E-state index contributed by atoms with van der Waals surface area (Å²) in [6.07, 6.45) is 5.52. The van der Waals surface area contributed by atoms with E-state index in [2.05, 4.69) is 41.5 Å². The molecule has 3 atom stereocenters. The molecule has 0 spiro atoms. The second kappa shape index (κ2) is 7.31. The van der Waals surface area contributed by atoms with Crippen molar-refractivity contribution in [3.05, 3.63) is 6.92 Å². The topological polar surface area (TPSA) is 0 Å². The van der Waals surface area contributed by atoms with Crippen LogP contribution in [-0.2, 0) is 0 Å². The molecular formula is C14H29. The van der Waals surface area contributed by atoms with E-state index in [-0.39, 0.29) is 0 Å². The van der Waals surface area contributed by atoms with E-state index in [1.165, 1.54) is 25.7 Å². The molecule has 0 amide bonds. The molecule has 0 aliphatic carbocycles. The first-order chi connectivity index (χ1) is 6.43. The van der Waals surface area contributed by atoms with Crippen molar-refractivity contribution in [2.24, 2.45) is 23.7 Å². The third-order valence-corrected chi connectivity index (χ3v) is 3.32. The standard InChI is InChI=1S/C14H29/c1-11(2)7-8-13(5)9-10-14(6)12(3)4/h11-14H,3,7-10H2,1-2,4-6H3. The van der Waals surface area contributed by atoms with Gasteiger partial charge < -0.3 is 0 Å². The minimum atomic E-state index is 0.604. The van der Waals surface area contributed by atoms with Gasteiger partial charge in [0.05, 0.1) is 0 Å². The molecule has 85 valence electrons. The van der Waals surface area contributed by atoms with Gasteiger partial charge in [0.1, 0.15) is 0 Å². The van der Waals surface area contributed by atoms with Crippen LogP contribution in [0.3, 0.4) is 0 Å². The predicted octanol–water partition coefficient (Wildman–Crippen LogP) is 4.95. The lowest BCUT2D eigenvalue weighted by Gasteiger charge is -2.18. The summed E-state index contributed by atoms with van der Waals surface area (Å²) in [7, 11) is 0. The molecular weight excluding hydrogens is 168 g/mol. The molecule has 0 aromatic carbocycles. The Labute approximate surface area is 91.5 Å². The summed E-state index contributed by atoms with van der Waals surface area (Å²) in [4.78, 5) is 0. The lowest BCUT2D eigenvalue weighted by Crippen LogP contribution is -2.07. The van der Waals surface area contributed by atoms with E-state index in [9.17, 15) is 0 Å². The normalized spacial score (nSPS) is 16.3. The molecule has 0 saturated carbocycles. The Morgan fingerprint density at radius 1 is 0.786 bits per heavy atom. The van der Waals surface area contributed by atoms with Crippen molar-refractivity contribution in [3.63, 3.8) is 0 Å². The van der Waals surface area contributed by atoms with Crippen LogP contribution in [0, 0.1) is 30.6 Å². The third kappa shape index (κ3) is 7.41. The summed E-state index contributed by atoms with van der Waals surface area (Å²) in [5, 5.41) is 0. The predicted molar refractivity (Wildman–Crippen MR) is 66.2 cm³/mol. The van der Waals surface area contributed by atoms with Crippen molar-refractivity contribution in [1.29, 1.82) is 0 Å². The summed E-state index contributed by atoms with van der Waals surface area (Å²) in [6.45, 7) is 15.7. The Kier molecular flexibility index (Phi) is 7.31. The van der Waals surface area contributed by atoms with Crippen LogP contribution in [0.5, 0.6) is 0 Å². The summed E-state index contributed by atoms with van der Waals surface area (Å²) >= 11 is 0. The van der Waals surface area contributed by atoms with E-state index in [4.69, 9.17) is 0 Å². The molecule has 0 heterocycles. The van der Waals surface area contributed by atoms with E-state index in [1.54, 1.807) is 0 Å². The molecule has 0 bridgehead atoms. The fourth-order valence-electron chi connectivity index (χ4n) is 1.59. The molecule has 0 aromatic rings. The summed E-state index contributed by atoms with van der Waals surface area (Å²) in [5.41, 5.74) is 0. The van der Waals surface area contributed by atoms with Gasteiger partial charge in [-0.2, -0.15) is 0 Å². The van der Waals surface area contributed by atoms with E-state index in [0.717, 1.165) is 17.8 Å². The highest BCUT2D eigenvalue weighted by Gasteiger charge is 2.10. The molecule has 0 saturated heterocycles. The maximum atomic E-state index is 4.09. The van der Waals surface area contributed by atoms with E-state index in [1.807, 2.05) is 0 Å². The Hall–Kier alpha value is 0. The van der Waals surface area contributed by atoms with Crippen LogP contribution in [0.15, 0.2) is 0 Å². The highest BCUT2D eigenvalue weighted by molar-refractivity contribution is 4.65. The summed E-state index contributed by atoms with van der Waals surface area (Å²) in [6, 6.07) is 0. The van der Waals surface area contributed by atoms with Crippen LogP contribution in [0.4, 0.5) is 0 Å². The Morgan fingerprint density at radius 2 is 1.29 bits per heavy atom. The number of rotatable bonds is 7. The van der Waals surface area contributed by atoms with Gasteiger partial charge in [-0.15, -0.1) is 0 Å². The zero-order valence-electron chi connectivity index (χ0n) is 10.8. The lowest BCUT2D eigenvalue weighted by atomic mass is 9.88. The van der Waals surface area contributed by atoms with E-state index < -0.39 is 0 Å². The van der Waals surface area contributed by atoms with Crippen LogP contribution < -0.4 is 0 Å². The zero-order valence-corrected chi connectivity index (χ0v) is 10.8. The van der Waals surface area contributed by atoms with Crippen molar-refractivity contribution in [2.75, 3.05) is 0 Å². The molecule has 0 aliphatic rings. The highest BCUT2D eigenvalue weighted by atomic mass is 14.2. The van der Waals surface area contributed by atoms with Crippen molar-refractivity contribution in [2.45, 2.75) is 60.3 Å². The largest absolute Gasteiger partial charge is 0.0628 e. The molecule has 3 unspecified atom stereocenters. The molecule has 0 fully saturated rings. The molecule has 0 aromatic heterocycles. The van der Waals surface area contributed by atoms with Crippen LogP contribution in [0.25, 0.3) is 0 Å². The first-order valence-corrected chi connectivity index (χ1v) is 6.26. The van der Waals surface area contributed by atoms with Crippen molar-refractivity contribution >= 4 is 0 Å². The second-order valence-electron chi connectivity index (χ2n) is 5.61. The van der Waals surface area contributed by atoms with Crippen LogP contribution in [0.1, 0.15) is 60.3 Å². The number of hydrogen-bond donors (Lipinski definition) is 0. The van der Waals surface area contributed by atoms with Gasteiger partial charge in [0.15, 0.2) is 0 Å². The van der Waals surface area contributed by atoms with Gasteiger partial charge in [0.2, 0.25) is 0 Å². The molecule has 0 nitrogen and oxygen atoms in total. The average molecular weight is 197 g/mol. The summed E-state index contributed by atoms with van der Waals surface area (Å²) < 4.78 is 0. The van der Waals surface area contributed by atoms with Crippen LogP contribution in [0.2, 0.25) is 0 Å². The van der Waals surface area contributed by atoms with Gasteiger partial charge in [0, 0.05) is 0 Å². The fraction of sp³-hybridized carbons (Fsp3) is 0.929. The summed E-state index contributed by atoms with van der Waals surface area (Å²) in [5.74, 6) is 3.16. The van der Waals surface area contributed by atoms with E-state index >= 15 is 0 Å². The van der Waals surface area contributed by atoms with Crippen molar-refractivity contribution in [1.82, 2.24) is 0 Å². The third-order valence-electron chi connectivity index (χ3n) is 3.32. The van der Waals surface area contributed by atoms with Gasteiger partial charge in [-0.3, -0.25) is 0 Å². The molecule has 0 N–H and O–H groups in total. The maximum Gasteiger partial charge on any atom is -0.0417 e. The van der Waals surface area contributed by atoms with E-state index in [0.29, 0.717) is 5.92 Å². The molecule has 1 radical (unpaired) electrons. The first kappa shape index (κ1) is 14.0. The Balaban J connectivity index is 3.48. The van der Waals surface area contributed by atoms with Gasteiger partial charge in [0.25, 0.3) is 0 Å². The minimum absolute atomic E-state index is 0.604. The maximum absolute atomic E-state index is 4.09. The lowest BCUT2D eigenvalue weighted by molar-refractivity contribution is 0.349.